The molecule has 6 nitrogen and oxygen atoms in total. The largest absolute Gasteiger partial charge is 0.492 e. The van der Waals surface area contributed by atoms with Gasteiger partial charge >= 0.3 is 0 Å². The average molecular weight is 493 g/mol. The van der Waals surface area contributed by atoms with E-state index in [0.29, 0.717) is 12.2 Å². The number of sulfone groups is 1. The lowest BCUT2D eigenvalue weighted by molar-refractivity contribution is 0.0747. The van der Waals surface area contributed by atoms with Gasteiger partial charge in [-0.1, -0.05) is 45.0 Å². The number of aliphatic hydroxyl groups excluding tert-OH is 1. The van der Waals surface area contributed by atoms with Crippen molar-refractivity contribution in [2.24, 2.45) is 5.92 Å². The number of hydrogen-bond donors (Lipinski definition) is 3. The van der Waals surface area contributed by atoms with Gasteiger partial charge in [-0.2, -0.15) is 0 Å². The molecule has 1 aliphatic rings. The fourth-order valence-corrected chi connectivity index (χ4v) is 6.50. The Morgan fingerprint density at radius 3 is 2.59 bits per heavy atom. The van der Waals surface area contributed by atoms with Crippen molar-refractivity contribution in [3.05, 3.63) is 58.9 Å². The van der Waals surface area contributed by atoms with Crippen LogP contribution >= 0.6 is 0 Å². The van der Waals surface area contributed by atoms with Gasteiger partial charge in [0.25, 0.3) is 0 Å². The van der Waals surface area contributed by atoms with Crippen LogP contribution in [0.1, 0.15) is 57.4 Å². The van der Waals surface area contributed by atoms with E-state index in [9.17, 15) is 17.9 Å². The average Bonchev–Trinajstić information content (AvgIpc) is 2.74. The maximum absolute atomic E-state index is 14.3. The molecule has 0 spiro atoms. The summed E-state index contributed by atoms with van der Waals surface area (Å²) in [4.78, 5) is 0. The van der Waals surface area contributed by atoms with E-state index in [4.69, 9.17) is 10.5 Å². The lowest BCUT2D eigenvalue weighted by atomic mass is 9.85. The predicted molar refractivity (Wildman–Crippen MR) is 134 cm³/mol. The summed E-state index contributed by atoms with van der Waals surface area (Å²) in [6, 6.07) is 10.3. The van der Waals surface area contributed by atoms with Crippen molar-refractivity contribution >= 4 is 15.5 Å². The zero-order chi connectivity index (χ0) is 25.3. The summed E-state index contributed by atoms with van der Waals surface area (Å²) in [5.74, 6) is -1.27. The fourth-order valence-electron chi connectivity index (χ4n) is 4.55. The highest BCUT2D eigenvalue weighted by atomic mass is 32.2. The van der Waals surface area contributed by atoms with Crippen LogP contribution in [-0.2, 0) is 21.7 Å². The molecule has 3 rings (SSSR count). The first-order valence-electron chi connectivity index (χ1n) is 11.8. The quantitative estimate of drug-likeness (QED) is 0.509. The maximum atomic E-state index is 14.3. The van der Waals surface area contributed by atoms with E-state index < -0.39 is 33.7 Å². The van der Waals surface area contributed by atoms with Gasteiger partial charge in [0.15, 0.2) is 9.84 Å². The Hall–Kier alpha value is -2.16. The van der Waals surface area contributed by atoms with Crippen LogP contribution in [0.15, 0.2) is 36.4 Å². The Balaban J connectivity index is 1.81. The maximum Gasteiger partial charge on any atom is 0.152 e. The van der Waals surface area contributed by atoms with Gasteiger partial charge in [0, 0.05) is 18.0 Å². The minimum absolute atomic E-state index is 0.0107. The monoisotopic (exact) mass is 492 g/mol. The zero-order valence-corrected chi connectivity index (χ0v) is 21.5. The molecule has 0 aromatic heterocycles. The van der Waals surface area contributed by atoms with Crippen LogP contribution in [-0.4, -0.2) is 43.8 Å². The summed E-state index contributed by atoms with van der Waals surface area (Å²) in [6.07, 6.45) is -0.711. The van der Waals surface area contributed by atoms with Crippen molar-refractivity contribution in [2.75, 3.05) is 23.8 Å². The third-order valence-corrected chi connectivity index (χ3v) is 8.27. The summed E-state index contributed by atoms with van der Waals surface area (Å²) in [5, 5.41) is 14.5. The molecule has 0 aliphatic carbocycles. The number of benzene rings is 2. The first-order valence-corrected chi connectivity index (χ1v) is 13.6. The van der Waals surface area contributed by atoms with Gasteiger partial charge in [-0.05, 0) is 54.5 Å². The van der Waals surface area contributed by atoms with Crippen molar-refractivity contribution in [2.45, 2.75) is 64.6 Å². The number of rotatable bonds is 7. The molecule has 0 bridgehead atoms. The first kappa shape index (κ1) is 26.4. The molecular formula is C26H37FN2O4S. The molecule has 1 aliphatic heterocycles. The summed E-state index contributed by atoms with van der Waals surface area (Å²) in [6.45, 7) is 10.5. The number of hydrogen-bond acceptors (Lipinski definition) is 6. The summed E-state index contributed by atoms with van der Waals surface area (Å²) < 4.78 is 45.2. The van der Waals surface area contributed by atoms with E-state index in [-0.39, 0.29) is 40.8 Å². The number of nitrogen functional groups attached to an aromatic ring is 1. The van der Waals surface area contributed by atoms with E-state index in [1.807, 2.05) is 19.1 Å². The van der Waals surface area contributed by atoms with Crippen molar-refractivity contribution in [1.29, 1.82) is 0 Å². The lowest BCUT2D eigenvalue weighted by Crippen LogP contribution is -2.55. The van der Waals surface area contributed by atoms with Gasteiger partial charge < -0.3 is 20.9 Å². The summed E-state index contributed by atoms with van der Waals surface area (Å²) in [7, 11) is -3.40. The highest BCUT2D eigenvalue weighted by Crippen LogP contribution is 2.31. The molecule has 34 heavy (non-hydrogen) atoms. The van der Waals surface area contributed by atoms with E-state index in [1.54, 1.807) is 13.0 Å². The van der Waals surface area contributed by atoms with Gasteiger partial charge in [-0.15, -0.1) is 0 Å². The van der Waals surface area contributed by atoms with Crippen molar-refractivity contribution in [3.8, 4) is 5.75 Å². The Bertz CT molecular complexity index is 1110. The molecule has 188 valence electrons. The van der Waals surface area contributed by atoms with Gasteiger partial charge in [-0.3, -0.25) is 0 Å². The number of nitrogens with one attached hydrogen (secondary N) is 1. The molecule has 1 saturated heterocycles. The van der Waals surface area contributed by atoms with Gasteiger partial charge in [0.1, 0.15) is 17.3 Å². The minimum Gasteiger partial charge on any atom is -0.492 e. The smallest absolute Gasteiger partial charge is 0.152 e. The summed E-state index contributed by atoms with van der Waals surface area (Å²) in [5.41, 5.74) is 8.42. The highest BCUT2D eigenvalue weighted by molar-refractivity contribution is 7.91. The number of ether oxygens (including phenoxy) is 1. The standard InChI is InChI=1S/C26H37FN2O4S/c1-6-33-23-12-17(11-21(27)24(23)28)10-19-14-34(31,32)15-22(25(19)30)29-16(2)18-8-7-9-20(13-18)26(3,4)5/h7-9,11-13,16,19,22,25,29-30H,6,10,14-15,28H2,1-5H3/t16-,19-,22+,25+/m1/s1. The summed E-state index contributed by atoms with van der Waals surface area (Å²) >= 11 is 0. The van der Waals surface area contributed by atoms with Crippen molar-refractivity contribution in [1.82, 2.24) is 5.32 Å². The van der Waals surface area contributed by atoms with Crippen molar-refractivity contribution < 1.29 is 22.7 Å². The van der Waals surface area contributed by atoms with Crippen LogP contribution < -0.4 is 15.8 Å². The molecule has 0 amide bonds. The second-order valence-electron chi connectivity index (χ2n) is 10.3. The molecule has 1 heterocycles. The van der Waals surface area contributed by atoms with Crippen LogP contribution in [0.3, 0.4) is 0 Å². The molecule has 0 unspecified atom stereocenters. The second kappa shape index (κ2) is 10.2. The highest BCUT2D eigenvalue weighted by Gasteiger charge is 2.40. The minimum atomic E-state index is -3.40. The fraction of sp³-hybridized carbons (Fsp3) is 0.538. The van der Waals surface area contributed by atoms with E-state index >= 15 is 0 Å². The van der Waals surface area contributed by atoms with Crippen LogP contribution in [0.4, 0.5) is 10.1 Å². The van der Waals surface area contributed by atoms with Gasteiger partial charge in [0.2, 0.25) is 0 Å². The molecule has 1 fully saturated rings. The SMILES string of the molecule is CCOc1cc(C[C@@H]2CS(=O)(=O)C[C@H](N[C@H](C)c3cccc(C(C)(C)C)c3)[C@H]2O)cc(F)c1N. The Morgan fingerprint density at radius 1 is 1.24 bits per heavy atom. The van der Waals surface area contributed by atoms with E-state index in [2.05, 4.69) is 38.2 Å². The number of halogens is 1. The molecule has 4 atom stereocenters. The molecule has 2 aromatic rings. The number of aliphatic hydroxyl groups is 1. The Morgan fingerprint density at radius 2 is 1.94 bits per heavy atom. The van der Waals surface area contributed by atoms with Crippen molar-refractivity contribution in [3.63, 3.8) is 0 Å². The van der Waals surface area contributed by atoms with Gasteiger partial charge in [-0.25, -0.2) is 12.8 Å². The molecule has 2 aromatic carbocycles. The number of anilines is 1. The lowest BCUT2D eigenvalue weighted by Gasteiger charge is -2.37. The Kier molecular flexibility index (Phi) is 7.95. The molecular weight excluding hydrogens is 455 g/mol. The van der Waals surface area contributed by atoms with E-state index in [0.717, 1.165) is 5.56 Å². The zero-order valence-electron chi connectivity index (χ0n) is 20.6. The second-order valence-corrected chi connectivity index (χ2v) is 12.5. The first-order chi connectivity index (χ1) is 15.8. The van der Waals surface area contributed by atoms with Crippen LogP contribution in [0.5, 0.6) is 5.75 Å². The number of nitrogens with two attached hydrogens (primary N) is 1. The predicted octanol–water partition coefficient (Wildman–Crippen LogP) is 3.77. The molecule has 0 saturated carbocycles. The van der Waals surface area contributed by atoms with Crippen LogP contribution in [0.25, 0.3) is 0 Å². The molecule has 8 heteroatoms. The van der Waals surface area contributed by atoms with Crippen LogP contribution in [0, 0.1) is 11.7 Å². The third kappa shape index (κ3) is 6.29. The Labute approximate surface area is 202 Å². The van der Waals surface area contributed by atoms with Gasteiger partial charge in [0.05, 0.1) is 24.2 Å². The molecule has 0 radical (unpaired) electrons. The van der Waals surface area contributed by atoms with Crippen LogP contribution in [0.2, 0.25) is 0 Å². The topological polar surface area (TPSA) is 102 Å². The normalized spacial score (nSPS) is 23.4. The third-order valence-electron chi connectivity index (χ3n) is 6.46. The molecule has 4 N–H and O–H groups in total. The van der Waals surface area contributed by atoms with E-state index in [1.165, 1.54) is 11.6 Å².